The summed E-state index contributed by atoms with van der Waals surface area (Å²) >= 11 is 3.12. The van der Waals surface area contributed by atoms with Crippen LogP contribution in [0.3, 0.4) is 0 Å². The monoisotopic (exact) mass is 275 g/mol. The number of hydrogen-bond acceptors (Lipinski definition) is 4. The van der Waals surface area contributed by atoms with Gasteiger partial charge in [0.1, 0.15) is 11.9 Å². The van der Waals surface area contributed by atoms with Crippen LogP contribution >= 0.6 is 23.5 Å². The summed E-state index contributed by atoms with van der Waals surface area (Å²) in [6.45, 7) is 0. The molecule has 0 aromatic heterocycles. The molecule has 0 saturated carbocycles. The van der Waals surface area contributed by atoms with E-state index in [1.807, 2.05) is 0 Å². The van der Waals surface area contributed by atoms with Crippen LogP contribution in [-0.2, 0) is 4.79 Å². The number of thioether (sulfide) groups is 2. The fraction of sp³-hybridized carbons (Fsp3) is 0.364. The maximum Gasteiger partial charge on any atom is 0.321 e. The van der Waals surface area contributed by atoms with E-state index < -0.39 is 12.0 Å². The first-order chi connectivity index (χ1) is 8.09. The van der Waals surface area contributed by atoms with Gasteiger partial charge in [0.15, 0.2) is 0 Å². The number of benzene rings is 1. The van der Waals surface area contributed by atoms with Crippen molar-refractivity contribution in [3.05, 3.63) is 30.1 Å². The smallest absolute Gasteiger partial charge is 0.321 e. The predicted molar refractivity (Wildman–Crippen MR) is 70.1 cm³/mol. The quantitative estimate of drug-likeness (QED) is 0.589. The van der Waals surface area contributed by atoms with Gasteiger partial charge in [0.05, 0.1) is 0 Å². The highest BCUT2D eigenvalue weighted by atomic mass is 32.2. The summed E-state index contributed by atoms with van der Waals surface area (Å²) < 4.78 is 12.6. The van der Waals surface area contributed by atoms with E-state index in [1.165, 1.54) is 23.9 Å². The van der Waals surface area contributed by atoms with Crippen LogP contribution < -0.4 is 5.73 Å². The van der Waals surface area contributed by atoms with E-state index >= 15 is 0 Å². The van der Waals surface area contributed by atoms with Crippen molar-refractivity contribution in [1.29, 1.82) is 0 Å². The molecule has 1 rings (SSSR count). The first-order valence-corrected chi connectivity index (χ1v) is 7.18. The third-order valence-corrected chi connectivity index (χ3v) is 4.28. The Morgan fingerprint density at radius 1 is 1.35 bits per heavy atom. The van der Waals surface area contributed by atoms with Crippen LogP contribution in [0.1, 0.15) is 0 Å². The number of nitrogens with two attached hydrogens (primary N) is 1. The third-order valence-electron chi connectivity index (χ3n) is 1.92. The SMILES string of the molecule is N[C@@H](CSCCSc1ccc(F)cc1)C(=O)O. The summed E-state index contributed by atoms with van der Waals surface area (Å²) in [7, 11) is 0. The van der Waals surface area contributed by atoms with Crippen molar-refractivity contribution in [2.75, 3.05) is 17.3 Å². The lowest BCUT2D eigenvalue weighted by Gasteiger charge is -2.05. The van der Waals surface area contributed by atoms with E-state index in [0.717, 1.165) is 16.4 Å². The molecule has 94 valence electrons. The van der Waals surface area contributed by atoms with E-state index in [-0.39, 0.29) is 5.82 Å². The minimum absolute atomic E-state index is 0.240. The molecule has 0 amide bonds. The highest BCUT2D eigenvalue weighted by Gasteiger charge is 2.10. The minimum atomic E-state index is -0.969. The summed E-state index contributed by atoms with van der Waals surface area (Å²) in [4.78, 5) is 11.4. The van der Waals surface area contributed by atoms with E-state index in [9.17, 15) is 9.18 Å². The van der Waals surface area contributed by atoms with E-state index in [4.69, 9.17) is 10.8 Å². The number of halogens is 1. The molecule has 0 heterocycles. The molecule has 3 nitrogen and oxygen atoms in total. The first-order valence-electron chi connectivity index (χ1n) is 5.04. The van der Waals surface area contributed by atoms with Crippen molar-refractivity contribution >= 4 is 29.5 Å². The van der Waals surface area contributed by atoms with Gasteiger partial charge in [0.2, 0.25) is 0 Å². The molecule has 0 fully saturated rings. The maximum absolute atomic E-state index is 12.6. The fourth-order valence-electron chi connectivity index (χ4n) is 1.03. The van der Waals surface area contributed by atoms with E-state index in [1.54, 1.807) is 23.9 Å². The molecule has 0 unspecified atom stereocenters. The molecule has 1 aromatic carbocycles. The van der Waals surface area contributed by atoms with Crippen LogP contribution in [0.4, 0.5) is 4.39 Å². The number of aliphatic carboxylic acids is 1. The van der Waals surface area contributed by atoms with Crippen LogP contribution in [0.5, 0.6) is 0 Å². The molecule has 0 aliphatic rings. The van der Waals surface area contributed by atoms with Gasteiger partial charge in [-0.1, -0.05) is 0 Å². The van der Waals surface area contributed by atoms with Crippen molar-refractivity contribution < 1.29 is 14.3 Å². The average molecular weight is 275 g/mol. The molecule has 0 spiro atoms. The summed E-state index contributed by atoms with van der Waals surface area (Å²) in [5.74, 6) is 0.880. The van der Waals surface area contributed by atoms with Gasteiger partial charge in [-0.3, -0.25) is 4.79 Å². The van der Waals surface area contributed by atoms with Gasteiger partial charge in [-0.05, 0) is 24.3 Å². The number of hydrogen-bond donors (Lipinski definition) is 2. The van der Waals surface area contributed by atoms with Gasteiger partial charge in [-0.25, -0.2) is 4.39 Å². The van der Waals surface area contributed by atoms with E-state index in [2.05, 4.69) is 0 Å². The zero-order chi connectivity index (χ0) is 12.7. The maximum atomic E-state index is 12.6. The Morgan fingerprint density at radius 2 is 2.00 bits per heavy atom. The largest absolute Gasteiger partial charge is 0.480 e. The van der Waals surface area contributed by atoms with Crippen molar-refractivity contribution in [1.82, 2.24) is 0 Å². The van der Waals surface area contributed by atoms with E-state index in [0.29, 0.717) is 5.75 Å². The standard InChI is InChI=1S/C11H14FNO2S2/c12-8-1-3-9(4-2-8)17-6-5-16-7-10(13)11(14)15/h1-4,10H,5-7,13H2,(H,14,15)/t10-/m0/s1. The van der Waals surface area contributed by atoms with Gasteiger partial charge in [0, 0.05) is 22.2 Å². The fourth-order valence-corrected chi connectivity index (χ4v) is 2.96. The Labute approximate surface area is 108 Å². The minimum Gasteiger partial charge on any atom is -0.480 e. The van der Waals surface area contributed by atoms with Crippen molar-refractivity contribution in [2.24, 2.45) is 5.73 Å². The molecular weight excluding hydrogens is 261 g/mol. The molecule has 3 N–H and O–H groups in total. The number of carboxylic acids is 1. The zero-order valence-corrected chi connectivity index (χ0v) is 10.8. The van der Waals surface area contributed by atoms with Gasteiger partial charge in [-0.15, -0.1) is 11.8 Å². The Kier molecular flexibility index (Phi) is 6.39. The molecule has 17 heavy (non-hydrogen) atoms. The normalized spacial score (nSPS) is 12.4. The lowest BCUT2D eigenvalue weighted by molar-refractivity contribution is -0.137. The topological polar surface area (TPSA) is 63.3 Å². The second-order valence-corrected chi connectivity index (χ2v) is 5.64. The van der Waals surface area contributed by atoms with Crippen molar-refractivity contribution in [2.45, 2.75) is 10.9 Å². The third kappa shape index (κ3) is 5.95. The van der Waals surface area contributed by atoms with Gasteiger partial charge in [0.25, 0.3) is 0 Å². The van der Waals surface area contributed by atoms with Crippen LogP contribution in [0.15, 0.2) is 29.2 Å². The summed E-state index contributed by atoms with van der Waals surface area (Å²) in [5, 5.41) is 8.56. The van der Waals surface area contributed by atoms with Gasteiger partial charge >= 0.3 is 5.97 Å². The van der Waals surface area contributed by atoms with Crippen LogP contribution in [-0.4, -0.2) is 34.4 Å². The average Bonchev–Trinajstić information content (AvgIpc) is 2.30. The molecule has 0 aliphatic heterocycles. The number of rotatable bonds is 7. The highest BCUT2D eigenvalue weighted by Crippen LogP contribution is 2.19. The van der Waals surface area contributed by atoms with Crippen LogP contribution in [0.2, 0.25) is 0 Å². The lowest BCUT2D eigenvalue weighted by Crippen LogP contribution is -2.32. The second-order valence-electron chi connectivity index (χ2n) is 3.32. The van der Waals surface area contributed by atoms with Crippen LogP contribution in [0, 0.1) is 5.82 Å². The Bertz CT molecular complexity index is 359. The van der Waals surface area contributed by atoms with Crippen LogP contribution in [0.25, 0.3) is 0 Å². The molecule has 1 atom stereocenters. The summed E-state index contributed by atoms with van der Waals surface area (Å²) in [6.07, 6.45) is 0. The Morgan fingerprint density at radius 3 is 2.59 bits per heavy atom. The molecule has 0 aliphatic carbocycles. The summed E-state index contributed by atoms with van der Waals surface area (Å²) in [5.41, 5.74) is 5.36. The second kappa shape index (κ2) is 7.58. The highest BCUT2D eigenvalue weighted by molar-refractivity contribution is 8.03. The Balaban J connectivity index is 2.12. The predicted octanol–water partition coefficient (Wildman–Crippen LogP) is 2.06. The summed E-state index contributed by atoms with van der Waals surface area (Å²) in [6, 6.07) is 5.52. The van der Waals surface area contributed by atoms with Gasteiger partial charge in [-0.2, -0.15) is 11.8 Å². The number of carbonyl (C=O) groups is 1. The molecule has 0 bridgehead atoms. The molecule has 1 aromatic rings. The first kappa shape index (κ1) is 14.3. The van der Waals surface area contributed by atoms with Gasteiger partial charge < -0.3 is 10.8 Å². The number of carboxylic acid groups (broad SMARTS) is 1. The lowest BCUT2D eigenvalue weighted by atomic mass is 10.4. The van der Waals surface area contributed by atoms with Crippen molar-refractivity contribution in [3.8, 4) is 0 Å². The molecule has 6 heteroatoms. The Hall–Kier alpha value is -0.720. The molecule has 0 radical (unpaired) electrons. The molecule has 0 saturated heterocycles. The zero-order valence-electron chi connectivity index (χ0n) is 9.14. The van der Waals surface area contributed by atoms with Crippen molar-refractivity contribution in [3.63, 3.8) is 0 Å². The molecular formula is C11H14FNO2S2.